The fraction of sp³-hybridized carbons (Fsp3) is 0.176. The molecule has 2 rings (SSSR count). The predicted molar refractivity (Wildman–Crippen MR) is 81.9 cm³/mol. The quantitative estimate of drug-likeness (QED) is 0.663. The maximum Gasteiger partial charge on any atom is 0.419 e. The molecule has 0 bridgehead atoms. The van der Waals surface area contributed by atoms with Gasteiger partial charge in [0.15, 0.2) is 0 Å². The largest absolute Gasteiger partial charge is 0.465 e. The average molecular weight is 355 g/mol. The Morgan fingerprint density at radius 3 is 2.40 bits per heavy atom. The van der Waals surface area contributed by atoms with E-state index in [9.17, 15) is 27.2 Å². The van der Waals surface area contributed by atoms with Crippen molar-refractivity contribution in [3.63, 3.8) is 0 Å². The summed E-state index contributed by atoms with van der Waals surface area (Å²) in [5, 5.41) is 2.41. The second kappa shape index (κ2) is 6.92. The number of alkyl halides is 3. The molecular formula is C17H13F4NO3. The Kier molecular flexibility index (Phi) is 5.10. The van der Waals surface area contributed by atoms with Crippen molar-refractivity contribution in [3.8, 4) is 0 Å². The van der Waals surface area contributed by atoms with Crippen LogP contribution >= 0.6 is 0 Å². The Labute approximate surface area is 140 Å². The Balaban J connectivity index is 2.34. The topological polar surface area (TPSA) is 55.4 Å². The van der Waals surface area contributed by atoms with Gasteiger partial charge in [0.1, 0.15) is 5.82 Å². The highest BCUT2D eigenvalue weighted by Gasteiger charge is 2.34. The molecule has 0 radical (unpaired) electrons. The fourth-order valence-corrected chi connectivity index (χ4v) is 2.18. The normalized spacial score (nSPS) is 11.1. The summed E-state index contributed by atoms with van der Waals surface area (Å²) in [7, 11) is 1.20. The van der Waals surface area contributed by atoms with Gasteiger partial charge in [0, 0.05) is 11.3 Å². The number of nitrogens with one attached hydrogen (secondary N) is 1. The third kappa shape index (κ3) is 3.96. The molecule has 0 aromatic heterocycles. The first-order valence-electron chi connectivity index (χ1n) is 7.01. The molecule has 25 heavy (non-hydrogen) atoms. The van der Waals surface area contributed by atoms with Gasteiger partial charge in [-0.2, -0.15) is 13.2 Å². The number of carbonyl (C=O) groups is 2. The maximum absolute atomic E-state index is 13.3. The van der Waals surface area contributed by atoms with Gasteiger partial charge in [-0.1, -0.05) is 6.07 Å². The predicted octanol–water partition coefficient (Wildman–Crippen LogP) is 4.19. The minimum absolute atomic E-state index is 0.204. The van der Waals surface area contributed by atoms with Gasteiger partial charge in [0.05, 0.1) is 18.2 Å². The number of anilines is 1. The van der Waals surface area contributed by atoms with Crippen LogP contribution in [0.1, 0.15) is 31.8 Å². The number of ether oxygens (including phenoxy) is 1. The van der Waals surface area contributed by atoms with Crippen LogP contribution in [0.4, 0.5) is 23.2 Å². The Morgan fingerprint density at radius 1 is 1.12 bits per heavy atom. The van der Waals surface area contributed by atoms with Gasteiger partial charge in [0.2, 0.25) is 0 Å². The van der Waals surface area contributed by atoms with Crippen LogP contribution in [-0.2, 0) is 10.9 Å². The first-order valence-corrected chi connectivity index (χ1v) is 7.01. The fourth-order valence-electron chi connectivity index (χ4n) is 2.18. The number of benzene rings is 2. The van der Waals surface area contributed by atoms with Gasteiger partial charge >= 0.3 is 12.1 Å². The third-order valence-electron chi connectivity index (χ3n) is 3.52. The second-order valence-electron chi connectivity index (χ2n) is 5.12. The second-order valence-corrected chi connectivity index (χ2v) is 5.12. The summed E-state index contributed by atoms with van der Waals surface area (Å²) in [6, 6.07) is 6.41. The van der Waals surface area contributed by atoms with Crippen LogP contribution in [-0.4, -0.2) is 19.0 Å². The van der Waals surface area contributed by atoms with Crippen LogP contribution in [0, 0.1) is 12.7 Å². The lowest BCUT2D eigenvalue weighted by Crippen LogP contribution is -2.16. The summed E-state index contributed by atoms with van der Waals surface area (Å²) < 4.78 is 56.1. The summed E-state index contributed by atoms with van der Waals surface area (Å²) >= 11 is 0. The SMILES string of the molecule is COC(=O)c1cccc(NC(=O)c2ccc(F)c(C(F)(F)F)c2)c1C. The average Bonchev–Trinajstić information content (AvgIpc) is 2.55. The molecule has 4 nitrogen and oxygen atoms in total. The van der Waals surface area contributed by atoms with Crippen LogP contribution in [0.25, 0.3) is 0 Å². The molecule has 0 unspecified atom stereocenters. The van der Waals surface area contributed by atoms with Gasteiger partial charge in [-0.05, 0) is 42.8 Å². The van der Waals surface area contributed by atoms with Crippen molar-refractivity contribution < 1.29 is 31.9 Å². The first kappa shape index (κ1) is 18.4. The molecule has 8 heteroatoms. The van der Waals surface area contributed by atoms with Crippen molar-refractivity contribution in [2.24, 2.45) is 0 Å². The van der Waals surface area contributed by atoms with E-state index in [2.05, 4.69) is 10.1 Å². The van der Waals surface area contributed by atoms with Gasteiger partial charge < -0.3 is 10.1 Å². The number of methoxy groups -OCH3 is 1. The molecule has 1 N–H and O–H groups in total. The molecule has 0 fully saturated rings. The molecule has 0 aliphatic carbocycles. The number of esters is 1. The van der Waals surface area contributed by atoms with Crippen LogP contribution in [0.3, 0.4) is 0 Å². The highest BCUT2D eigenvalue weighted by atomic mass is 19.4. The molecule has 0 saturated heterocycles. The molecule has 0 heterocycles. The standard InChI is InChI=1S/C17H13F4NO3/c1-9-11(16(24)25-2)4-3-5-14(9)22-15(23)10-6-7-13(18)12(8-10)17(19,20)21/h3-8H,1-2H3,(H,22,23). The van der Waals surface area contributed by atoms with Crippen LogP contribution in [0.5, 0.6) is 0 Å². The lowest BCUT2D eigenvalue weighted by Gasteiger charge is -2.13. The monoisotopic (exact) mass is 355 g/mol. The van der Waals surface area contributed by atoms with E-state index in [4.69, 9.17) is 0 Å². The summed E-state index contributed by atoms with van der Waals surface area (Å²) in [6.07, 6.45) is -4.92. The molecular weight excluding hydrogens is 342 g/mol. The third-order valence-corrected chi connectivity index (χ3v) is 3.52. The van der Waals surface area contributed by atoms with Crippen LogP contribution in [0.2, 0.25) is 0 Å². The van der Waals surface area contributed by atoms with E-state index in [-0.39, 0.29) is 16.8 Å². The van der Waals surface area contributed by atoms with Crippen LogP contribution < -0.4 is 5.32 Å². The number of hydrogen-bond donors (Lipinski definition) is 1. The molecule has 0 aliphatic heterocycles. The minimum atomic E-state index is -4.92. The zero-order valence-corrected chi connectivity index (χ0v) is 13.2. The molecule has 0 spiro atoms. The van der Waals surface area contributed by atoms with Crippen molar-refractivity contribution in [2.45, 2.75) is 13.1 Å². The van der Waals surface area contributed by atoms with Gasteiger partial charge in [0.25, 0.3) is 5.91 Å². The maximum atomic E-state index is 13.3. The Hall–Kier alpha value is -2.90. The van der Waals surface area contributed by atoms with Crippen molar-refractivity contribution >= 4 is 17.6 Å². The first-order chi connectivity index (χ1) is 11.6. The van der Waals surface area contributed by atoms with E-state index in [0.717, 1.165) is 6.07 Å². The highest BCUT2D eigenvalue weighted by molar-refractivity contribution is 6.05. The number of carbonyl (C=O) groups excluding carboxylic acids is 2. The van der Waals surface area contributed by atoms with E-state index >= 15 is 0 Å². The van der Waals surface area contributed by atoms with Crippen molar-refractivity contribution in [2.75, 3.05) is 12.4 Å². The van der Waals surface area contributed by atoms with Crippen molar-refractivity contribution in [3.05, 3.63) is 64.5 Å². The van der Waals surface area contributed by atoms with E-state index in [0.29, 0.717) is 17.7 Å². The summed E-state index contributed by atoms with van der Waals surface area (Å²) in [5.74, 6) is -2.95. The van der Waals surface area contributed by atoms with Gasteiger partial charge in [-0.25, -0.2) is 9.18 Å². The Morgan fingerprint density at radius 2 is 1.80 bits per heavy atom. The summed E-state index contributed by atoms with van der Waals surface area (Å²) in [6.45, 7) is 1.55. The number of rotatable bonds is 3. The summed E-state index contributed by atoms with van der Waals surface area (Å²) in [4.78, 5) is 23.8. The molecule has 0 aliphatic rings. The number of halogens is 4. The van der Waals surface area contributed by atoms with Crippen LogP contribution in [0.15, 0.2) is 36.4 Å². The van der Waals surface area contributed by atoms with E-state index < -0.39 is 29.4 Å². The zero-order chi connectivity index (χ0) is 18.8. The highest BCUT2D eigenvalue weighted by Crippen LogP contribution is 2.32. The lowest BCUT2D eigenvalue weighted by atomic mass is 10.1. The molecule has 1 amide bonds. The lowest BCUT2D eigenvalue weighted by molar-refractivity contribution is -0.140. The smallest absolute Gasteiger partial charge is 0.419 e. The zero-order valence-electron chi connectivity index (χ0n) is 13.2. The molecule has 132 valence electrons. The molecule has 2 aromatic rings. The molecule has 0 atom stereocenters. The van der Waals surface area contributed by atoms with Gasteiger partial charge in [-0.3, -0.25) is 4.79 Å². The van der Waals surface area contributed by atoms with Crippen molar-refractivity contribution in [1.29, 1.82) is 0 Å². The Bertz CT molecular complexity index is 831. The number of hydrogen-bond acceptors (Lipinski definition) is 3. The number of amides is 1. The van der Waals surface area contributed by atoms with Crippen molar-refractivity contribution in [1.82, 2.24) is 0 Å². The molecule has 0 saturated carbocycles. The van der Waals surface area contributed by atoms with Gasteiger partial charge in [-0.15, -0.1) is 0 Å². The van der Waals surface area contributed by atoms with E-state index in [1.165, 1.54) is 25.3 Å². The van der Waals surface area contributed by atoms with E-state index in [1.54, 1.807) is 6.92 Å². The van der Waals surface area contributed by atoms with E-state index in [1.807, 2.05) is 0 Å². The summed E-state index contributed by atoms with van der Waals surface area (Å²) in [5.41, 5.74) is -1.07. The minimum Gasteiger partial charge on any atom is -0.465 e. The molecule has 2 aromatic carbocycles.